The molecule has 4 aromatic heterocycles. The molecule has 0 bridgehead atoms. The molecule has 0 aliphatic heterocycles. The standard InChI is InChI=1S/C21H24N8O/c1-13-11-14(2)29(27-13)19-12-17(25-16(4)26-19)22-8-9-23-21(30)20-15(3)24-18-7-5-6-10-28(18)20/h5-7,10-12H,8-9H2,1-4H3,(H,23,30)(H,22,25,26). The van der Waals surface area contributed by atoms with Crippen LogP contribution in [0.4, 0.5) is 5.82 Å². The maximum absolute atomic E-state index is 12.6. The van der Waals surface area contributed by atoms with Crippen molar-refractivity contribution in [2.24, 2.45) is 0 Å². The Morgan fingerprint density at radius 2 is 1.87 bits per heavy atom. The maximum Gasteiger partial charge on any atom is 0.270 e. The number of nitrogens with zero attached hydrogens (tertiary/aromatic N) is 6. The van der Waals surface area contributed by atoms with Crippen molar-refractivity contribution in [2.75, 3.05) is 18.4 Å². The molecule has 4 heterocycles. The van der Waals surface area contributed by atoms with E-state index in [1.165, 1.54) is 0 Å². The van der Waals surface area contributed by atoms with E-state index in [2.05, 4.69) is 30.7 Å². The molecule has 0 saturated carbocycles. The summed E-state index contributed by atoms with van der Waals surface area (Å²) in [6, 6.07) is 9.51. The number of amides is 1. The van der Waals surface area contributed by atoms with Crippen molar-refractivity contribution in [3.63, 3.8) is 0 Å². The average molecular weight is 404 g/mol. The van der Waals surface area contributed by atoms with Crippen LogP contribution in [0.2, 0.25) is 0 Å². The van der Waals surface area contributed by atoms with Gasteiger partial charge in [0.1, 0.15) is 23.0 Å². The molecule has 9 heteroatoms. The highest BCUT2D eigenvalue weighted by molar-refractivity contribution is 5.94. The van der Waals surface area contributed by atoms with Crippen LogP contribution < -0.4 is 10.6 Å². The summed E-state index contributed by atoms with van der Waals surface area (Å²) in [6.07, 6.45) is 1.84. The summed E-state index contributed by atoms with van der Waals surface area (Å²) in [5.74, 6) is 1.88. The lowest BCUT2D eigenvalue weighted by molar-refractivity contribution is 0.0948. The van der Waals surface area contributed by atoms with E-state index in [4.69, 9.17) is 0 Å². The van der Waals surface area contributed by atoms with Gasteiger partial charge in [0.05, 0.1) is 11.4 Å². The number of imidazole rings is 1. The molecule has 0 aromatic carbocycles. The van der Waals surface area contributed by atoms with Gasteiger partial charge in [-0.05, 0) is 45.9 Å². The highest BCUT2D eigenvalue weighted by Crippen LogP contribution is 2.14. The van der Waals surface area contributed by atoms with E-state index in [0.717, 1.165) is 17.0 Å². The first kappa shape index (κ1) is 19.6. The number of nitrogens with one attached hydrogen (secondary N) is 2. The van der Waals surface area contributed by atoms with Crippen molar-refractivity contribution in [2.45, 2.75) is 27.7 Å². The Labute approximate surface area is 174 Å². The van der Waals surface area contributed by atoms with Gasteiger partial charge in [0.25, 0.3) is 5.91 Å². The molecule has 0 saturated heterocycles. The van der Waals surface area contributed by atoms with Crippen LogP contribution in [0.1, 0.15) is 33.4 Å². The number of carbonyl (C=O) groups is 1. The lowest BCUT2D eigenvalue weighted by Crippen LogP contribution is -2.30. The Hall–Kier alpha value is -3.75. The van der Waals surface area contributed by atoms with E-state index >= 15 is 0 Å². The molecule has 1 amide bonds. The fourth-order valence-corrected chi connectivity index (χ4v) is 3.45. The van der Waals surface area contributed by atoms with E-state index in [9.17, 15) is 4.79 Å². The molecule has 2 N–H and O–H groups in total. The van der Waals surface area contributed by atoms with Crippen LogP contribution in [0, 0.1) is 27.7 Å². The molecule has 30 heavy (non-hydrogen) atoms. The maximum atomic E-state index is 12.6. The van der Waals surface area contributed by atoms with Crippen LogP contribution in [0.5, 0.6) is 0 Å². The first-order chi connectivity index (χ1) is 14.4. The summed E-state index contributed by atoms with van der Waals surface area (Å²) in [6.45, 7) is 8.58. The lowest BCUT2D eigenvalue weighted by atomic mass is 10.3. The zero-order valence-corrected chi connectivity index (χ0v) is 17.5. The average Bonchev–Trinajstić information content (AvgIpc) is 3.22. The molecule has 0 fully saturated rings. The number of rotatable bonds is 6. The molecule has 9 nitrogen and oxygen atoms in total. The van der Waals surface area contributed by atoms with Gasteiger partial charge >= 0.3 is 0 Å². The van der Waals surface area contributed by atoms with Crippen molar-refractivity contribution >= 4 is 17.4 Å². The van der Waals surface area contributed by atoms with Gasteiger partial charge < -0.3 is 10.6 Å². The zero-order valence-electron chi connectivity index (χ0n) is 17.5. The van der Waals surface area contributed by atoms with Crippen LogP contribution >= 0.6 is 0 Å². The number of aryl methyl sites for hydroxylation is 4. The third-order valence-electron chi connectivity index (χ3n) is 4.69. The van der Waals surface area contributed by atoms with Gasteiger partial charge in [0.15, 0.2) is 5.82 Å². The van der Waals surface area contributed by atoms with E-state index in [1.807, 2.05) is 64.2 Å². The van der Waals surface area contributed by atoms with Gasteiger partial charge in [0, 0.05) is 31.0 Å². The summed E-state index contributed by atoms with van der Waals surface area (Å²) in [5.41, 5.74) is 3.95. The quantitative estimate of drug-likeness (QED) is 0.479. The van der Waals surface area contributed by atoms with Crippen molar-refractivity contribution in [1.29, 1.82) is 0 Å². The normalized spacial score (nSPS) is 11.1. The second kappa shape index (κ2) is 7.94. The van der Waals surface area contributed by atoms with E-state index < -0.39 is 0 Å². The minimum Gasteiger partial charge on any atom is -0.368 e. The third-order valence-corrected chi connectivity index (χ3v) is 4.69. The number of carbonyl (C=O) groups excluding carboxylic acids is 1. The Balaban J connectivity index is 1.40. The summed E-state index contributed by atoms with van der Waals surface area (Å²) >= 11 is 0. The monoisotopic (exact) mass is 404 g/mol. The van der Waals surface area contributed by atoms with Crippen molar-refractivity contribution in [3.8, 4) is 5.82 Å². The van der Waals surface area contributed by atoms with Gasteiger partial charge in [-0.15, -0.1) is 0 Å². The molecule has 4 aromatic rings. The fourth-order valence-electron chi connectivity index (χ4n) is 3.45. The number of aromatic nitrogens is 6. The summed E-state index contributed by atoms with van der Waals surface area (Å²) in [4.78, 5) is 26.0. The van der Waals surface area contributed by atoms with Gasteiger partial charge in [-0.2, -0.15) is 5.10 Å². The fraction of sp³-hybridized carbons (Fsp3) is 0.286. The smallest absolute Gasteiger partial charge is 0.270 e. The van der Waals surface area contributed by atoms with E-state index in [0.29, 0.717) is 41.9 Å². The zero-order chi connectivity index (χ0) is 21.3. The van der Waals surface area contributed by atoms with E-state index in [-0.39, 0.29) is 5.91 Å². The van der Waals surface area contributed by atoms with Crippen LogP contribution in [-0.4, -0.2) is 48.1 Å². The summed E-state index contributed by atoms with van der Waals surface area (Å²) < 4.78 is 3.59. The number of fused-ring (bicyclic) bond motifs is 1. The third kappa shape index (κ3) is 3.86. The van der Waals surface area contributed by atoms with Crippen LogP contribution in [-0.2, 0) is 0 Å². The minimum atomic E-state index is -0.157. The first-order valence-corrected chi connectivity index (χ1v) is 9.77. The van der Waals surface area contributed by atoms with Gasteiger partial charge in [-0.25, -0.2) is 19.6 Å². The van der Waals surface area contributed by atoms with Gasteiger partial charge in [-0.1, -0.05) is 6.07 Å². The van der Waals surface area contributed by atoms with Crippen molar-refractivity contribution in [1.82, 2.24) is 34.4 Å². The second-order valence-electron chi connectivity index (χ2n) is 7.15. The predicted molar refractivity (Wildman–Crippen MR) is 114 cm³/mol. The summed E-state index contributed by atoms with van der Waals surface area (Å²) in [5, 5.41) is 10.7. The molecular formula is C21H24N8O. The van der Waals surface area contributed by atoms with Crippen LogP contribution in [0.3, 0.4) is 0 Å². The lowest BCUT2D eigenvalue weighted by Gasteiger charge is -2.10. The number of anilines is 1. The molecule has 0 spiro atoms. The highest BCUT2D eigenvalue weighted by atomic mass is 16.1. The van der Waals surface area contributed by atoms with E-state index in [1.54, 1.807) is 9.08 Å². The van der Waals surface area contributed by atoms with Gasteiger partial charge in [-0.3, -0.25) is 9.20 Å². The molecule has 0 aliphatic rings. The van der Waals surface area contributed by atoms with Crippen molar-refractivity contribution < 1.29 is 4.79 Å². The predicted octanol–water partition coefficient (Wildman–Crippen LogP) is 2.39. The molecule has 154 valence electrons. The minimum absolute atomic E-state index is 0.157. The van der Waals surface area contributed by atoms with Crippen molar-refractivity contribution in [3.05, 3.63) is 65.1 Å². The molecule has 0 unspecified atom stereocenters. The van der Waals surface area contributed by atoms with Crippen LogP contribution in [0.15, 0.2) is 36.5 Å². The number of hydrogen-bond donors (Lipinski definition) is 2. The summed E-state index contributed by atoms with van der Waals surface area (Å²) in [7, 11) is 0. The molecular weight excluding hydrogens is 380 g/mol. The molecule has 0 atom stereocenters. The highest BCUT2D eigenvalue weighted by Gasteiger charge is 2.15. The second-order valence-corrected chi connectivity index (χ2v) is 7.15. The SMILES string of the molecule is Cc1cc(C)n(-c2cc(NCCNC(=O)c3c(C)nc4ccccn34)nc(C)n2)n1. The molecule has 4 rings (SSSR count). The largest absolute Gasteiger partial charge is 0.368 e. The first-order valence-electron chi connectivity index (χ1n) is 9.77. The van der Waals surface area contributed by atoms with Gasteiger partial charge in [0.2, 0.25) is 0 Å². The Morgan fingerprint density at radius 1 is 1.03 bits per heavy atom. The Morgan fingerprint density at radius 3 is 2.63 bits per heavy atom. The molecule has 0 radical (unpaired) electrons. The number of pyridine rings is 1. The number of hydrogen-bond acceptors (Lipinski definition) is 6. The Kier molecular flexibility index (Phi) is 5.18. The Bertz CT molecular complexity index is 1220. The topological polar surface area (TPSA) is 102 Å². The molecule has 0 aliphatic carbocycles. The van der Waals surface area contributed by atoms with Crippen LogP contribution in [0.25, 0.3) is 11.5 Å².